The minimum Gasteiger partial charge on any atom is -0.368 e. The van der Waals surface area contributed by atoms with Crippen LogP contribution in [0.1, 0.15) is 32.8 Å². The fourth-order valence-corrected chi connectivity index (χ4v) is 2.90. The molecule has 92 valence electrons. The van der Waals surface area contributed by atoms with Crippen LogP contribution < -0.4 is 10.6 Å². The largest absolute Gasteiger partial charge is 0.368 e. The molecule has 17 heavy (non-hydrogen) atoms. The minimum atomic E-state index is -0.272. The first kappa shape index (κ1) is 12.0. The molecule has 3 nitrogen and oxygen atoms in total. The van der Waals surface area contributed by atoms with E-state index in [1.54, 1.807) is 0 Å². The van der Waals surface area contributed by atoms with E-state index in [1.807, 2.05) is 6.07 Å². The van der Waals surface area contributed by atoms with E-state index in [9.17, 15) is 4.79 Å². The standard InChI is InChI=1S/C14H20N2O/c1-10-8-14(2,3)11-6-4-5-7-12(11)16(10)9-13(15)17/h4-7,10H,8-9H2,1-3H3,(H2,15,17)/t10-/m1/s1. The molecule has 1 amide bonds. The third kappa shape index (κ3) is 2.14. The summed E-state index contributed by atoms with van der Waals surface area (Å²) in [6, 6.07) is 8.64. The number of amides is 1. The minimum absolute atomic E-state index is 0.157. The number of nitrogens with two attached hydrogens (primary N) is 1. The van der Waals surface area contributed by atoms with Gasteiger partial charge < -0.3 is 10.6 Å². The second kappa shape index (κ2) is 4.06. The lowest BCUT2D eigenvalue weighted by Crippen LogP contribution is -2.47. The van der Waals surface area contributed by atoms with Crippen LogP contribution >= 0.6 is 0 Å². The highest BCUT2D eigenvalue weighted by atomic mass is 16.1. The van der Waals surface area contributed by atoms with Gasteiger partial charge in [-0.3, -0.25) is 4.79 Å². The number of nitrogens with zero attached hydrogens (tertiary/aromatic N) is 1. The predicted octanol–water partition coefficient (Wildman–Crippen LogP) is 2.05. The molecule has 0 spiro atoms. The Morgan fingerprint density at radius 3 is 2.76 bits per heavy atom. The van der Waals surface area contributed by atoms with Crippen molar-refractivity contribution in [2.45, 2.75) is 38.6 Å². The van der Waals surface area contributed by atoms with Gasteiger partial charge in [0.2, 0.25) is 5.91 Å². The Balaban J connectivity index is 2.46. The Labute approximate surface area is 103 Å². The van der Waals surface area contributed by atoms with Gasteiger partial charge in [-0.25, -0.2) is 0 Å². The lowest BCUT2D eigenvalue weighted by Gasteiger charge is -2.44. The molecule has 1 heterocycles. The maximum Gasteiger partial charge on any atom is 0.236 e. The Hall–Kier alpha value is -1.51. The second-order valence-electron chi connectivity index (χ2n) is 5.55. The van der Waals surface area contributed by atoms with Crippen molar-refractivity contribution in [2.75, 3.05) is 11.4 Å². The van der Waals surface area contributed by atoms with E-state index in [0.717, 1.165) is 12.1 Å². The Bertz CT molecular complexity index is 440. The third-order valence-electron chi connectivity index (χ3n) is 3.61. The van der Waals surface area contributed by atoms with Gasteiger partial charge in [-0.1, -0.05) is 32.0 Å². The van der Waals surface area contributed by atoms with Gasteiger partial charge in [0, 0.05) is 11.7 Å². The first-order valence-electron chi connectivity index (χ1n) is 6.06. The molecule has 0 radical (unpaired) electrons. The number of fused-ring (bicyclic) bond motifs is 1. The van der Waals surface area contributed by atoms with Crippen molar-refractivity contribution in [3.05, 3.63) is 29.8 Å². The highest BCUT2D eigenvalue weighted by molar-refractivity contribution is 5.80. The first-order valence-corrected chi connectivity index (χ1v) is 6.06. The smallest absolute Gasteiger partial charge is 0.236 e. The van der Waals surface area contributed by atoms with Crippen LogP contribution in [0.3, 0.4) is 0 Å². The summed E-state index contributed by atoms with van der Waals surface area (Å²) < 4.78 is 0. The molecule has 1 aromatic rings. The summed E-state index contributed by atoms with van der Waals surface area (Å²) in [5, 5.41) is 0. The van der Waals surface area contributed by atoms with Gasteiger partial charge in [0.25, 0.3) is 0 Å². The van der Waals surface area contributed by atoms with Crippen LogP contribution in [-0.4, -0.2) is 18.5 Å². The molecule has 0 saturated heterocycles. The maximum absolute atomic E-state index is 11.2. The van der Waals surface area contributed by atoms with E-state index < -0.39 is 0 Å². The average Bonchev–Trinajstić information content (AvgIpc) is 2.23. The number of primary amides is 1. The zero-order chi connectivity index (χ0) is 12.6. The van der Waals surface area contributed by atoms with Gasteiger partial charge in [0.05, 0.1) is 6.54 Å². The summed E-state index contributed by atoms with van der Waals surface area (Å²) in [7, 11) is 0. The number of carbonyl (C=O) groups excluding carboxylic acids is 1. The van der Waals surface area contributed by atoms with Crippen molar-refractivity contribution in [2.24, 2.45) is 5.73 Å². The third-order valence-corrected chi connectivity index (χ3v) is 3.61. The normalized spacial score (nSPS) is 22.1. The molecule has 2 rings (SSSR count). The highest BCUT2D eigenvalue weighted by Gasteiger charge is 2.35. The van der Waals surface area contributed by atoms with Gasteiger partial charge in [-0.2, -0.15) is 0 Å². The number of hydrogen-bond acceptors (Lipinski definition) is 2. The van der Waals surface area contributed by atoms with Crippen LogP contribution in [0.2, 0.25) is 0 Å². The summed E-state index contributed by atoms with van der Waals surface area (Å²) in [4.78, 5) is 13.3. The first-order chi connectivity index (χ1) is 7.92. The topological polar surface area (TPSA) is 46.3 Å². The number of para-hydroxylation sites is 1. The van der Waals surface area contributed by atoms with Crippen LogP contribution in [0.4, 0.5) is 5.69 Å². The molecule has 1 aliphatic rings. The van der Waals surface area contributed by atoms with Crippen molar-refractivity contribution < 1.29 is 4.79 Å². The van der Waals surface area contributed by atoms with Gasteiger partial charge in [-0.15, -0.1) is 0 Å². The number of benzene rings is 1. The van der Waals surface area contributed by atoms with Crippen molar-refractivity contribution in [3.63, 3.8) is 0 Å². The maximum atomic E-state index is 11.2. The number of carbonyl (C=O) groups is 1. The number of anilines is 1. The van der Waals surface area contributed by atoms with Crippen LogP contribution in [-0.2, 0) is 10.2 Å². The monoisotopic (exact) mass is 232 g/mol. The highest BCUT2D eigenvalue weighted by Crippen LogP contribution is 2.41. The summed E-state index contributed by atoms with van der Waals surface area (Å²) in [6.07, 6.45) is 1.04. The average molecular weight is 232 g/mol. The van der Waals surface area contributed by atoms with Crippen molar-refractivity contribution >= 4 is 11.6 Å². The summed E-state index contributed by atoms with van der Waals surface area (Å²) in [6.45, 7) is 6.96. The lowest BCUT2D eigenvalue weighted by atomic mass is 9.75. The molecular weight excluding hydrogens is 212 g/mol. The van der Waals surface area contributed by atoms with Crippen molar-refractivity contribution in [3.8, 4) is 0 Å². The molecule has 2 N–H and O–H groups in total. The molecule has 1 aromatic carbocycles. The lowest BCUT2D eigenvalue weighted by molar-refractivity contribution is -0.116. The number of hydrogen-bond donors (Lipinski definition) is 1. The molecule has 0 saturated carbocycles. The Morgan fingerprint density at radius 2 is 2.12 bits per heavy atom. The SMILES string of the molecule is C[C@@H]1CC(C)(C)c2ccccc2N1CC(N)=O. The van der Waals surface area contributed by atoms with E-state index in [1.165, 1.54) is 5.56 Å². The quantitative estimate of drug-likeness (QED) is 0.848. The van der Waals surface area contributed by atoms with Crippen LogP contribution in [0.15, 0.2) is 24.3 Å². The van der Waals surface area contributed by atoms with E-state index in [4.69, 9.17) is 5.73 Å². The van der Waals surface area contributed by atoms with Crippen LogP contribution in [0.25, 0.3) is 0 Å². The molecule has 1 aliphatic heterocycles. The van der Waals surface area contributed by atoms with Gasteiger partial charge in [0.1, 0.15) is 0 Å². The van der Waals surface area contributed by atoms with Gasteiger partial charge in [-0.05, 0) is 30.4 Å². The fraction of sp³-hybridized carbons (Fsp3) is 0.500. The summed E-state index contributed by atoms with van der Waals surface area (Å²) in [5.74, 6) is -0.272. The van der Waals surface area contributed by atoms with E-state index in [-0.39, 0.29) is 11.3 Å². The van der Waals surface area contributed by atoms with Crippen molar-refractivity contribution in [1.29, 1.82) is 0 Å². The molecular formula is C14H20N2O. The molecule has 0 fully saturated rings. The zero-order valence-electron chi connectivity index (χ0n) is 10.7. The Morgan fingerprint density at radius 1 is 1.47 bits per heavy atom. The molecule has 1 atom stereocenters. The second-order valence-corrected chi connectivity index (χ2v) is 5.55. The molecule has 0 bridgehead atoms. The van der Waals surface area contributed by atoms with Crippen LogP contribution in [0.5, 0.6) is 0 Å². The predicted molar refractivity (Wildman–Crippen MR) is 70.1 cm³/mol. The molecule has 0 aromatic heterocycles. The fourth-order valence-electron chi connectivity index (χ4n) is 2.90. The van der Waals surface area contributed by atoms with E-state index in [0.29, 0.717) is 12.6 Å². The molecule has 0 aliphatic carbocycles. The van der Waals surface area contributed by atoms with E-state index >= 15 is 0 Å². The molecule has 3 heteroatoms. The van der Waals surface area contributed by atoms with Crippen LogP contribution in [0, 0.1) is 0 Å². The molecule has 0 unspecified atom stereocenters. The van der Waals surface area contributed by atoms with Gasteiger partial charge in [0.15, 0.2) is 0 Å². The Kier molecular flexibility index (Phi) is 2.86. The zero-order valence-corrected chi connectivity index (χ0v) is 10.7. The number of rotatable bonds is 2. The van der Waals surface area contributed by atoms with Gasteiger partial charge >= 0.3 is 0 Å². The summed E-state index contributed by atoms with van der Waals surface area (Å²) >= 11 is 0. The van der Waals surface area contributed by atoms with E-state index in [2.05, 4.69) is 43.9 Å². The van der Waals surface area contributed by atoms with Crippen molar-refractivity contribution in [1.82, 2.24) is 0 Å². The summed E-state index contributed by atoms with van der Waals surface area (Å²) in [5.41, 5.74) is 7.94.